The zero-order valence-electron chi connectivity index (χ0n) is 15.7. The van der Waals surface area contributed by atoms with Crippen LogP contribution >= 0.6 is 0 Å². The lowest BCUT2D eigenvalue weighted by Crippen LogP contribution is -2.42. The van der Waals surface area contributed by atoms with Crippen molar-refractivity contribution in [3.63, 3.8) is 0 Å². The molecule has 3 heterocycles. The summed E-state index contributed by atoms with van der Waals surface area (Å²) in [5.41, 5.74) is 8.70. The van der Waals surface area contributed by atoms with E-state index < -0.39 is 5.91 Å². The Hall–Kier alpha value is -3.58. The molecule has 7 heteroatoms. The molecule has 0 bridgehead atoms. The van der Waals surface area contributed by atoms with Gasteiger partial charge in [-0.2, -0.15) is 0 Å². The Kier molecular flexibility index (Phi) is 5.31. The van der Waals surface area contributed by atoms with Gasteiger partial charge in [0.2, 0.25) is 5.91 Å². The van der Waals surface area contributed by atoms with Gasteiger partial charge in [-0.3, -0.25) is 19.6 Å². The van der Waals surface area contributed by atoms with Gasteiger partial charge >= 0.3 is 0 Å². The van der Waals surface area contributed by atoms with Crippen molar-refractivity contribution in [1.29, 1.82) is 0 Å². The predicted octanol–water partition coefficient (Wildman–Crippen LogP) is 2.46. The maximum absolute atomic E-state index is 12.7. The number of pyridine rings is 2. The van der Waals surface area contributed by atoms with E-state index in [4.69, 9.17) is 10.5 Å². The third-order valence-electron chi connectivity index (χ3n) is 4.83. The van der Waals surface area contributed by atoms with Crippen molar-refractivity contribution in [2.45, 2.75) is 6.10 Å². The van der Waals surface area contributed by atoms with E-state index in [1.807, 2.05) is 18.2 Å². The Morgan fingerprint density at radius 2 is 1.93 bits per heavy atom. The first-order chi connectivity index (χ1) is 14.1. The zero-order valence-corrected chi connectivity index (χ0v) is 15.7. The van der Waals surface area contributed by atoms with Gasteiger partial charge in [-0.05, 0) is 35.9 Å². The number of carbonyl (C=O) groups excluding carboxylic acids is 2. The van der Waals surface area contributed by atoms with Gasteiger partial charge in [0.05, 0.1) is 18.8 Å². The first kappa shape index (κ1) is 18.8. The number of nitrogens with zero attached hydrogens (tertiary/aromatic N) is 3. The molecule has 1 saturated heterocycles. The van der Waals surface area contributed by atoms with Crippen molar-refractivity contribution in [2.75, 3.05) is 19.7 Å². The molecule has 2 N–H and O–H groups in total. The van der Waals surface area contributed by atoms with Gasteiger partial charge in [0.15, 0.2) is 0 Å². The van der Waals surface area contributed by atoms with Crippen LogP contribution in [0.5, 0.6) is 0 Å². The number of hydrogen-bond donors (Lipinski definition) is 1. The third-order valence-corrected chi connectivity index (χ3v) is 4.83. The minimum absolute atomic E-state index is 0.112. The fraction of sp³-hybridized carbons (Fsp3) is 0.182. The van der Waals surface area contributed by atoms with Crippen LogP contribution in [0.2, 0.25) is 0 Å². The third kappa shape index (κ3) is 4.14. The summed E-state index contributed by atoms with van der Waals surface area (Å²) in [7, 11) is 0. The van der Waals surface area contributed by atoms with E-state index in [1.54, 1.807) is 53.7 Å². The molecule has 4 rings (SSSR count). The lowest BCUT2D eigenvalue weighted by Gasteiger charge is -2.32. The Morgan fingerprint density at radius 3 is 2.66 bits per heavy atom. The smallest absolute Gasteiger partial charge is 0.272 e. The Morgan fingerprint density at radius 1 is 1.03 bits per heavy atom. The molecule has 0 saturated carbocycles. The second-order valence-electron chi connectivity index (χ2n) is 6.74. The highest BCUT2D eigenvalue weighted by atomic mass is 16.5. The molecule has 29 heavy (non-hydrogen) atoms. The molecule has 3 aromatic rings. The van der Waals surface area contributed by atoms with Crippen LogP contribution in [0, 0.1) is 0 Å². The summed E-state index contributed by atoms with van der Waals surface area (Å²) in [6.07, 6.45) is 3.04. The average molecular weight is 388 g/mol. The normalized spacial score (nSPS) is 16.4. The molecule has 1 fully saturated rings. The van der Waals surface area contributed by atoms with Crippen LogP contribution in [0.25, 0.3) is 11.1 Å². The van der Waals surface area contributed by atoms with E-state index in [2.05, 4.69) is 9.97 Å². The molecule has 146 valence electrons. The minimum atomic E-state index is -0.468. The monoisotopic (exact) mass is 388 g/mol. The molecule has 1 aromatic carbocycles. The molecular weight excluding hydrogens is 368 g/mol. The van der Waals surface area contributed by atoms with Gasteiger partial charge < -0.3 is 15.4 Å². The quantitative estimate of drug-likeness (QED) is 0.740. The van der Waals surface area contributed by atoms with Crippen molar-refractivity contribution in [3.8, 4) is 11.1 Å². The van der Waals surface area contributed by atoms with Gasteiger partial charge in [0, 0.05) is 30.1 Å². The second kappa shape index (κ2) is 8.20. The summed E-state index contributed by atoms with van der Waals surface area (Å²) >= 11 is 0. The molecule has 0 spiro atoms. The Labute approximate surface area is 168 Å². The highest BCUT2D eigenvalue weighted by Crippen LogP contribution is 2.25. The number of rotatable bonds is 4. The maximum Gasteiger partial charge on any atom is 0.272 e. The number of hydrogen-bond acceptors (Lipinski definition) is 5. The number of benzene rings is 1. The fourth-order valence-electron chi connectivity index (χ4n) is 3.28. The number of ether oxygens (including phenoxy) is 1. The van der Waals surface area contributed by atoms with E-state index in [0.717, 1.165) is 16.8 Å². The number of aromatic nitrogens is 2. The highest BCUT2D eigenvalue weighted by molar-refractivity contribution is 5.94. The van der Waals surface area contributed by atoms with E-state index in [1.165, 1.54) is 0 Å². The van der Waals surface area contributed by atoms with Crippen molar-refractivity contribution in [2.24, 2.45) is 5.73 Å². The molecule has 1 atom stereocenters. The van der Waals surface area contributed by atoms with Crippen LogP contribution in [0.1, 0.15) is 32.6 Å². The Bertz CT molecular complexity index is 1020. The van der Waals surface area contributed by atoms with Gasteiger partial charge in [0.25, 0.3) is 5.91 Å². The topological polar surface area (TPSA) is 98.4 Å². The summed E-state index contributed by atoms with van der Waals surface area (Å²) < 4.78 is 5.84. The number of amides is 2. The molecule has 0 unspecified atom stereocenters. The summed E-state index contributed by atoms with van der Waals surface area (Å²) in [6, 6.07) is 16.2. The molecule has 2 amide bonds. The van der Waals surface area contributed by atoms with Gasteiger partial charge in [-0.1, -0.05) is 24.3 Å². The predicted molar refractivity (Wildman–Crippen MR) is 107 cm³/mol. The number of nitrogens with two attached hydrogens (primary N) is 1. The van der Waals surface area contributed by atoms with Crippen molar-refractivity contribution < 1.29 is 14.3 Å². The van der Waals surface area contributed by atoms with E-state index in [9.17, 15) is 9.59 Å². The summed E-state index contributed by atoms with van der Waals surface area (Å²) in [4.78, 5) is 34.4. The number of primary amides is 1. The fourth-order valence-corrected chi connectivity index (χ4v) is 3.28. The summed E-state index contributed by atoms with van der Waals surface area (Å²) in [5.74, 6) is -0.580. The van der Waals surface area contributed by atoms with Crippen LogP contribution in [-0.4, -0.2) is 46.4 Å². The number of carbonyl (C=O) groups is 2. The standard InChI is InChI=1S/C22H20N4O3/c23-21(27)16-5-3-4-15(12-16)17-7-8-18(25-13-17)20-14-26(10-11-29-20)22(28)19-6-1-2-9-24-19/h1-9,12-13,20H,10-11,14H2,(H2,23,27)/t20-/m1/s1. The first-order valence-corrected chi connectivity index (χ1v) is 9.30. The lowest BCUT2D eigenvalue weighted by molar-refractivity contribution is -0.0249. The first-order valence-electron chi connectivity index (χ1n) is 9.30. The molecule has 1 aliphatic heterocycles. The van der Waals surface area contributed by atoms with Crippen molar-refractivity contribution in [3.05, 3.63) is 83.9 Å². The Balaban J connectivity index is 1.49. The molecule has 0 radical (unpaired) electrons. The van der Waals surface area contributed by atoms with E-state index >= 15 is 0 Å². The molecule has 1 aliphatic rings. The zero-order chi connectivity index (χ0) is 20.2. The highest BCUT2D eigenvalue weighted by Gasteiger charge is 2.27. The molecule has 7 nitrogen and oxygen atoms in total. The van der Waals surface area contributed by atoms with Crippen LogP contribution in [0.15, 0.2) is 67.0 Å². The van der Waals surface area contributed by atoms with Gasteiger partial charge in [-0.25, -0.2) is 0 Å². The SMILES string of the molecule is NC(=O)c1cccc(-c2ccc([C@H]3CN(C(=O)c4ccccn4)CCO3)nc2)c1. The van der Waals surface area contributed by atoms with Crippen LogP contribution in [0.3, 0.4) is 0 Å². The molecule has 0 aliphatic carbocycles. The van der Waals surface area contributed by atoms with Gasteiger partial charge in [-0.15, -0.1) is 0 Å². The van der Waals surface area contributed by atoms with E-state index in [0.29, 0.717) is 31.0 Å². The van der Waals surface area contributed by atoms with Crippen molar-refractivity contribution in [1.82, 2.24) is 14.9 Å². The lowest BCUT2D eigenvalue weighted by atomic mass is 10.0. The van der Waals surface area contributed by atoms with Crippen LogP contribution in [0.4, 0.5) is 0 Å². The second-order valence-corrected chi connectivity index (χ2v) is 6.74. The van der Waals surface area contributed by atoms with E-state index in [-0.39, 0.29) is 12.0 Å². The van der Waals surface area contributed by atoms with Crippen molar-refractivity contribution >= 4 is 11.8 Å². The van der Waals surface area contributed by atoms with Gasteiger partial charge in [0.1, 0.15) is 11.8 Å². The summed E-state index contributed by atoms with van der Waals surface area (Å²) in [6.45, 7) is 1.37. The van der Waals surface area contributed by atoms with Crippen LogP contribution < -0.4 is 5.73 Å². The average Bonchev–Trinajstić information content (AvgIpc) is 2.79. The largest absolute Gasteiger partial charge is 0.368 e. The summed E-state index contributed by atoms with van der Waals surface area (Å²) in [5, 5.41) is 0. The van der Waals surface area contributed by atoms with Crippen LogP contribution in [-0.2, 0) is 4.74 Å². The minimum Gasteiger partial charge on any atom is -0.368 e. The molecular formula is C22H20N4O3. The molecule has 2 aromatic heterocycles. The maximum atomic E-state index is 12.7. The number of morpholine rings is 1.